The highest BCUT2D eigenvalue weighted by atomic mass is 35.5. The Morgan fingerprint density at radius 2 is 1.71 bits per heavy atom. The average molecular weight is 303 g/mol. The largest absolute Gasteiger partial charge is 0.356 e. The van der Waals surface area contributed by atoms with Crippen LogP contribution in [0.2, 0.25) is 5.02 Å². The Morgan fingerprint density at radius 1 is 1.05 bits per heavy atom. The summed E-state index contributed by atoms with van der Waals surface area (Å²) in [6.45, 7) is 0. The molecule has 0 saturated heterocycles. The van der Waals surface area contributed by atoms with Crippen LogP contribution in [-0.2, 0) is 0 Å². The Morgan fingerprint density at radius 3 is 2.33 bits per heavy atom. The van der Waals surface area contributed by atoms with Gasteiger partial charge in [-0.1, -0.05) is 11.6 Å². The lowest BCUT2D eigenvalue weighted by molar-refractivity contribution is 0.628. The molecule has 0 amide bonds. The zero-order valence-electron chi connectivity index (χ0n) is 11.2. The van der Waals surface area contributed by atoms with Gasteiger partial charge in [-0.25, -0.2) is 9.07 Å². The summed E-state index contributed by atoms with van der Waals surface area (Å²) in [5, 5.41) is 7.94. The van der Waals surface area contributed by atoms with E-state index in [-0.39, 0.29) is 5.82 Å². The second kappa shape index (κ2) is 5.54. The molecule has 2 aromatic carbocycles. The number of halogens is 2. The van der Waals surface area contributed by atoms with Gasteiger partial charge in [-0.3, -0.25) is 0 Å². The first-order chi connectivity index (χ1) is 10.2. The van der Waals surface area contributed by atoms with Crippen molar-refractivity contribution in [3.05, 3.63) is 59.4 Å². The van der Waals surface area contributed by atoms with Crippen LogP contribution in [-0.4, -0.2) is 21.8 Å². The van der Waals surface area contributed by atoms with E-state index >= 15 is 0 Å². The van der Waals surface area contributed by atoms with E-state index in [0.29, 0.717) is 16.8 Å². The van der Waals surface area contributed by atoms with Crippen LogP contribution in [0, 0.1) is 5.82 Å². The highest BCUT2D eigenvalue weighted by Gasteiger charge is 2.13. The van der Waals surface area contributed by atoms with Gasteiger partial charge < -0.3 is 5.32 Å². The van der Waals surface area contributed by atoms with Crippen molar-refractivity contribution < 1.29 is 4.39 Å². The van der Waals surface area contributed by atoms with E-state index in [2.05, 4.69) is 15.4 Å². The van der Waals surface area contributed by atoms with Crippen molar-refractivity contribution in [3.63, 3.8) is 0 Å². The van der Waals surface area contributed by atoms with E-state index in [1.807, 2.05) is 12.1 Å². The van der Waals surface area contributed by atoms with Crippen molar-refractivity contribution in [1.82, 2.24) is 14.8 Å². The maximum absolute atomic E-state index is 13.1. The summed E-state index contributed by atoms with van der Waals surface area (Å²) >= 11 is 5.91. The third-order valence-electron chi connectivity index (χ3n) is 3.00. The van der Waals surface area contributed by atoms with Crippen molar-refractivity contribution in [1.29, 1.82) is 0 Å². The lowest BCUT2D eigenvalue weighted by Gasteiger charge is -2.05. The van der Waals surface area contributed by atoms with Gasteiger partial charge in [0.1, 0.15) is 5.82 Å². The fourth-order valence-electron chi connectivity index (χ4n) is 1.97. The molecule has 0 unspecified atom stereocenters. The van der Waals surface area contributed by atoms with Crippen LogP contribution in [0.15, 0.2) is 48.5 Å². The van der Waals surface area contributed by atoms with Crippen LogP contribution in [0.25, 0.3) is 17.1 Å². The van der Waals surface area contributed by atoms with Crippen LogP contribution in [0.3, 0.4) is 0 Å². The molecule has 1 aromatic heterocycles. The fourth-order valence-corrected chi connectivity index (χ4v) is 2.09. The van der Waals surface area contributed by atoms with Crippen LogP contribution in [0.1, 0.15) is 0 Å². The Hall–Kier alpha value is -2.40. The number of hydrogen-bond donors (Lipinski definition) is 1. The lowest BCUT2D eigenvalue weighted by atomic mass is 10.2. The number of aromatic nitrogens is 3. The first-order valence-corrected chi connectivity index (χ1v) is 6.72. The minimum atomic E-state index is -0.287. The SMILES string of the molecule is CNc1nc(-c2ccc(F)cc2)n(-c2ccc(Cl)cc2)n1. The van der Waals surface area contributed by atoms with Crippen LogP contribution >= 0.6 is 11.6 Å². The van der Waals surface area contributed by atoms with Gasteiger partial charge in [-0.15, -0.1) is 5.10 Å². The molecule has 106 valence electrons. The lowest BCUT2D eigenvalue weighted by Crippen LogP contribution is -2.00. The fraction of sp³-hybridized carbons (Fsp3) is 0.0667. The molecule has 0 radical (unpaired) electrons. The van der Waals surface area contributed by atoms with E-state index in [9.17, 15) is 4.39 Å². The maximum Gasteiger partial charge on any atom is 0.242 e. The summed E-state index contributed by atoms with van der Waals surface area (Å²) in [6.07, 6.45) is 0. The van der Waals surface area contributed by atoms with Gasteiger partial charge in [0, 0.05) is 17.6 Å². The number of benzene rings is 2. The Kier molecular flexibility index (Phi) is 3.58. The maximum atomic E-state index is 13.1. The number of nitrogens with zero attached hydrogens (tertiary/aromatic N) is 3. The topological polar surface area (TPSA) is 42.7 Å². The molecule has 1 N–H and O–H groups in total. The predicted molar refractivity (Wildman–Crippen MR) is 81.3 cm³/mol. The Labute approximate surface area is 126 Å². The van der Waals surface area contributed by atoms with Gasteiger partial charge in [0.25, 0.3) is 0 Å². The van der Waals surface area contributed by atoms with Gasteiger partial charge in [-0.05, 0) is 48.5 Å². The molecule has 4 nitrogen and oxygen atoms in total. The molecule has 0 atom stereocenters. The quantitative estimate of drug-likeness (QED) is 0.801. The monoisotopic (exact) mass is 302 g/mol. The van der Waals surface area contributed by atoms with Crippen molar-refractivity contribution in [2.75, 3.05) is 12.4 Å². The number of nitrogens with one attached hydrogen (secondary N) is 1. The van der Waals surface area contributed by atoms with Crippen LogP contribution in [0.5, 0.6) is 0 Å². The minimum Gasteiger partial charge on any atom is -0.356 e. The summed E-state index contributed by atoms with van der Waals surface area (Å²) in [4.78, 5) is 4.41. The number of rotatable bonds is 3. The van der Waals surface area contributed by atoms with Crippen LogP contribution in [0.4, 0.5) is 10.3 Å². The second-order valence-corrected chi connectivity index (χ2v) is 4.84. The van der Waals surface area contributed by atoms with Crippen molar-refractivity contribution in [3.8, 4) is 17.1 Å². The van der Waals surface area contributed by atoms with Gasteiger partial charge in [-0.2, -0.15) is 4.98 Å². The van der Waals surface area contributed by atoms with E-state index in [1.54, 1.807) is 36.0 Å². The summed E-state index contributed by atoms with van der Waals surface area (Å²) < 4.78 is 14.8. The molecule has 3 rings (SSSR count). The van der Waals surface area contributed by atoms with E-state index in [0.717, 1.165) is 11.3 Å². The highest BCUT2D eigenvalue weighted by molar-refractivity contribution is 6.30. The molecule has 0 aliphatic rings. The van der Waals surface area contributed by atoms with E-state index < -0.39 is 0 Å². The summed E-state index contributed by atoms with van der Waals surface area (Å²) in [6, 6.07) is 13.4. The first kappa shape index (κ1) is 13.6. The summed E-state index contributed by atoms with van der Waals surface area (Å²) in [5.74, 6) is 0.830. The smallest absolute Gasteiger partial charge is 0.242 e. The third-order valence-corrected chi connectivity index (χ3v) is 3.26. The van der Waals surface area contributed by atoms with E-state index in [4.69, 9.17) is 11.6 Å². The minimum absolute atomic E-state index is 0.287. The summed E-state index contributed by atoms with van der Waals surface area (Å²) in [5.41, 5.74) is 1.60. The van der Waals surface area contributed by atoms with Gasteiger partial charge in [0.2, 0.25) is 5.95 Å². The molecule has 21 heavy (non-hydrogen) atoms. The molecule has 1 heterocycles. The Balaban J connectivity index is 2.13. The second-order valence-electron chi connectivity index (χ2n) is 4.40. The molecule has 6 heteroatoms. The van der Waals surface area contributed by atoms with Crippen molar-refractivity contribution in [2.24, 2.45) is 0 Å². The number of hydrogen-bond acceptors (Lipinski definition) is 3. The van der Waals surface area contributed by atoms with Gasteiger partial charge in [0.15, 0.2) is 5.82 Å². The number of anilines is 1. The zero-order valence-corrected chi connectivity index (χ0v) is 12.0. The molecular formula is C15H12ClFN4. The first-order valence-electron chi connectivity index (χ1n) is 6.34. The zero-order chi connectivity index (χ0) is 14.8. The van der Waals surface area contributed by atoms with Crippen molar-refractivity contribution in [2.45, 2.75) is 0 Å². The van der Waals surface area contributed by atoms with Crippen molar-refractivity contribution >= 4 is 17.5 Å². The molecule has 0 aliphatic heterocycles. The molecule has 0 saturated carbocycles. The standard InChI is InChI=1S/C15H12ClFN4/c1-18-15-19-14(10-2-6-12(17)7-3-10)21(20-15)13-8-4-11(16)5-9-13/h2-9H,1H3,(H,18,20). The van der Waals surface area contributed by atoms with Crippen LogP contribution < -0.4 is 5.32 Å². The molecule has 0 fully saturated rings. The molecule has 0 aliphatic carbocycles. The van der Waals surface area contributed by atoms with Gasteiger partial charge >= 0.3 is 0 Å². The Bertz CT molecular complexity index is 687. The molecular weight excluding hydrogens is 291 g/mol. The predicted octanol–water partition coefficient (Wildman–Crippen LogP) is 3.77. The molecule has 3 aromatic rings. The van der Waals surface area contributed by atoms with E-state index in [1.165, 1.54) is 12.1 Å². The third kappa shape index (κ3) is 2.73. The summed E-state index contributed by atoms with van der Waals surface area (Å²) in [7, 11) is 1.75. The molecule has 0 spiro atoms. The molecule has 0 bridgehead atoms. The highest BCUT2D eigenvalue weighted by Crippen LogP contribution is 2.23. The normalized spacial score (nSPS) is 10.6. The van der Waals surface area contributed by atoms with Gasteiger partial charge in [0.05, 0.1) is 5.69 Å². The average Bonchev–Trinajstić information content (AvgIpc) is 2.93.